The predicted molar refractivity (Wildman–Crippen MR) is 113 cm³/mol. The molecule has 4 rings (SSSR count). The van der Waals surface area contributed by atoms with Crippen LogP contribution in [0.5, 0.6) is 5.75 Å². The Morgan fingerprint density at radius 3 is 2.57 bits per heavy atom. The fourth-order valence-corrected chi connectivity index (χ4v) is 4.26. The van der Waals surface area contributed by atoms with E-state index < -0.39 is 0 Å². The summed E-state index contributed by atoms with van der Waals surface area (Å²) >= 11 is 0. The van der Waals surface area contributed by atoms with Gasteiger partial charge in [0.05, 0.1) is 24.3 Å². The second-order valence-corrected chi connectivity index (χ2v) is 7.92. The molecule has 1 fully saturated rings. The normalized spacial score (nSPS) is 14.9. The topological polar surface area (TPSA) is 61.1 Å². The number of methoxy groups -OCH3 is 1. The molecule has 2 aromatic heterocycles. The Bertz CT molecular complexity index is 1060. The van der Waals surface area contributed by atoms with E-state index in [0.29, 0.717) is 0 Å². The van der Waals surface area contributed by atoms with Crippen molar-refractivity contribution >= 4 is 22.5 Å². The van der Waals surface area contributed by atoms with Crippen molar-refractivity contribution in [2.75, 3.05) is 12.4 Å². The first-order valence-electron chi connectivity index (χ1n) is 10.0. The third kappa shape index (κ3) is 3.17. The van der Waals surface area contributed by atoms with Gasteiger partial charge in [-0.05, 0) is 57.4 Å². The van der Waals surface area contributed by atoms with Crippen LogP contribution < -0.4 is 15.7 Å². The Morgan fingerprint density at radius 1 is 1.18 bits per heavy atom. The summed E-state index contributed by atoms with van der Waals surface area (Å²) in [4.78, 5) is 17.8. The number of nitrogens with one attached hydrogen (secondary N) is 1. The second kappa shape index (κ2) is 7.34. The van der Waals surface area contributed by atoms with E-state index in [4.69, 9.17) is 4.74 Å². The van der Waals surface area contributed by atoms with E-state index in [1.54, 1.807) is 7.11 Å². The fraction of sp³-hybridized carbons (Fsp3) is 0.455. The Labute approximate surface area is 165 Å². The summed E-state index contributed by atoms with van der Waals surface area (Å²) < 4.78 is 9.14. The maximum atomic E-state index is 13.2. The van der Waals surface area contributed by atoms with Gasteiger partial charge in [-0.3, -0.25) is 9.13 Å². The summed E-state index contributed by atoms with van der Waals surface area (Å²) in [6.07, 6.45) is 6.34. The monoisotopic (exact) mass is 380 g/mol. The summed E-state index contributed by atoms with van der Waals surface area (Å²) in [5.41, 5.74) is 4.01. The van der Waals surface area contributed by atoms with Crippen molar-refractivity contribution in [1.82, 2.24) is 14.1 Å². The molecule has 0 atom stereocenters. The van der Waals surface area contributed by atoms with Crippen molar-refractivity contribution in [3.05, 3.63) is 46.5 Å². The lowest BCUT2D eigenvalue weighted by Gasteiger charge is -2.13. The number of rotatable bonds is 5. The number of nitrogens with zero attached hydrogens (tertiary/aromatic N) is 3. The Morgan fingerprint density at radius 2 is 1.93 bits per heavy atom. The predicted octanol–water partition coefficient (Wildman–Crippen LogP) is 4.95. The van der Waals surface area contributed by atoms with Crippen LogP contribution in [0, 0.1) is 6.92 Å². The molecule has 6 nitrogen and oxygen atoms in total. The van der Waals surface area contributed by atoms with E-state index in [9.17, 15) is 4.79 Å². The van der Waals surface area contributed by atoms with E-state index in [2.05, 4.69) is 10.3 Å². The Balaban J connectivity index is 1.79. The molecule has 0 bridgehead atoms. The third-order valence-corrected chi connectivity index (χ3v) is 5.70. The molecule has 3 aromatic rings. The number of hydrogen-bond acceptors (Lipinski definition) is 4. The second-order valence-electron chi connectivity index (χ2n) is 7.92. The molecule has 0 unspecified atom stereocenters. The van der Waals surface area contributed by atoms with Gasteiger partial charge in [-0.1, -0.05) is 12.8 Å². The summed E-state index contributed by atoms with van der Waals surface area (Å²) in [7, 11) is 1.67. The number of anilines is 2. The number of aromatic nitrogens is 3. The number of ether oxygens (including phenoxy) is 1. The molecule has 2 heterocycles. The van der Waals surface area contributed by atoms with Crippen LogP contribution >= 0.6 is 0 Å². The molecule has 0 saturated heterocycles. The summed E-state index contributed by atoms with van der Waals surface area (Å²) in [5.74, 6) is 1.57. The lowest BCUT2D eigenvalue weighted by molar-refractivity contribution is 0.414. The smallest absolute Gasteiger partial charge is 0.329 e. The highest BCUT2D eigenvalue weighted by atomic mass is 16.5. The zero-order valence-electron chi connectivity index (χ0n) is 17.0. The van der Waals surface area contributed by atoms with Crippen molar-refractivity contribution in [3.8, 4) is 5.75 Å². The number of aryl methyl sites for hydroxylation is 1. The van der Waals surface area contributed by atoms with Gasteiger partial charge in [0.25, 0.3) is 0 Å². The SMILES string of the molecule is COc1ccc(Nc2cc3c(cn2)n(C(C)C)c(=O)n3C2CCCC2)c(C)c1. The van der Waals surface area contributed by atoms with Crippen molar-refractivity contribution < 1.29 is 4.74 Å². The van der Waals surface area contributed by atoms with Crippen LogP contribution in [0.1, 0.15) is 57.2 Å². The number of imidazole rings is 1. The molecule has 28 heavy (non-hydrogen) atoms. The molecule has 0 amide bonds. The number of fused-ring (bicyclic) bond motifs is 1. The van der Waals surface area contributed by atoms with Crippen LogP contribution in [0.15, 0.2) is 35.3 Å². The largest absolute Gasteiger partial charge is 0.497 e. The van der Waals surface area contributed by atoms with Crippen molar-refractivity contribution in [3.63, 3.8) is 0 Å². The van der Waals surface area contributed by atoms with Crippen LogP contribution in [0.25, 0.3) is 11.0 Å². The number of benzene rings is 1. The van der Waals surface area contributed by atoms with Crippen molar-refractivity contribution in [2.24, 2.45) is 0 Å². The van der Waals surface area contributed by atoms with Crippen LogP contribution in [0.4, 0.5) is 11.5 Å². The summed E-state index contributed by atoms with van der Waals surface area (Å²) in [5, 5.41) is 3.40. The molecule has 6 heteroatoms. The zero-order chi connectivity index (χ0) is 19.8. The minimum atomic E-state index is 0.0801. The van der Waals surface area contributed by atoms with Crippen LogP contribution in [-0.4, -0.2) is 21.2 Å². The highest BCUT2D eigenvalue weighted by Crippen LogP contribution is 2.33. The van der Waals surface area contributed by atoms with Gasteiger partial charge in [-0.2, -0.15) is 0 Å². The molecule has 0 spiro atoms. The third-order valence-electron chi connectivity index (χ3n) is 5.70. The minimum Gasteiger partial charge on any atom is -0.497 e. The first-order chi connectivity index (χ1) is 13.5. The van der Waals surface area contributed by atoms with E-state index in [1.807, 2.05) is 60.4 Å². The molecule has 1 N–H and O–H groups in total. The van der Waals surface area contributed by atoms with E-state index in [-0.39, 0.29) is 17.8 Å². The first-order valence-corrected chi connectivity index (χ1v) is 10.0. The van der Waals surface area contributed by atoms with E-state index in [0.717, 1.165) is 46.7 Å². The zero-order valence-corrected chi connectivity index (χ0v) is 17.0. The lowest BCUT2D eigenvalue weighted by atomic mass is 10.2. The highest BCUT2D eigenvalue weighted by molar-refractivity contribution is 5.79. The molecule has 1 saturated carbocycles. The standard InChI is InChI=1S/C22H28N4O2/c1-14(2)25-20-13-23-21(24-18-10-9-17(28-4)11-15(18)3)12-19(20)26(22(25)27)16-7-5-6-8-16/h9-14,16H,5-8H2,1-4H3,(H,23,24). The first kappa shape index (κ1) is 18.6. The molecule has 0 radical (unpaired) electrons. The minimum absolute atomic E-state index is 0.0801. The molecule has 1 aromatic carbocycles. The molecule has 0 aliphatic heterocycles. The lowest BCUT2D eigenvalue weighted by Crippen LogP contribution is -2.27. The highest BCUT2D eigenvalue weighted by Gasteiger charge is 2.24. The molecular formula is C22H28N4O2. The van der Waals surface area contributed by atoms with Gasteiger partial charge >= 0.3 is 5.69 Å². The summed E-state index contributed by atoms with van der Waals surface area (Å²) in [6, 6.07) is 8.30. The van der Waals surface area contributed by atoms with Crippen LogP contribution in [-0.2, 0) is 0 Å². The van der Waals surface area contributed by atoms with Gasteiger partial charge in [0.2, 0.25) is 0 Å². The fourth-order valence-electron chi connectivity index (χ4n) is 4.26. The average Bonchev–Trinajstić information content (AvgIpc) is 3.28. The quantitative estimate of drug-likeness (QED) is 0.680. The van der Waals surface area contributed by atoms with Crippen molar-refractivity contribution in [1.29, 1.82) is 0 Å². The summed E-state index contributed by atoms with van der Waals surface area (Å²) in [6.45, 7) is 6.13. The Kier molecular flexibility index (Phi) is 4.87. The number of pyridine rings is 1. The maximum absolute atomic E-state index is 13.2. The molecule has 1 aliphatic rings. The molecule has 148 valence electrons. The number of hydrogen-bond donors (Lipinski definition) is 1. The molecule has 1 aliphatic carbocycles. The van der Waals surface area contributed by atoms with Crippen LogP contribution in [0.3, 0.4) is 0 Å². The molecular weight excluding hydrogens is 352 g/mol. The van der Waals surface area contributed by atoms with Gasteiger partial charge in [0, 0.05) is 23.8 Å². The van der Waals surface area contributed by atoms with Gasteiger partial charge in [0.15, 0.2) is 0 Å². The van der Waals surface area contributed by atoms with Crippen molar-refractivity contribution in [2.45, 2.75) is 58.5 Å². The average molecular weight is 380 g/mol. The van der Waals surface area contributed by atoms with Gasteiger partial charge in [0.1, 0.15) is 11.6 Å². The van der Waals surface area contributed by atoms with E-state index >= 15 is 0 Å². The van der Waals surface area contributed by atoms with Gasteiger partial charge in [-0.25, -0.2) is 9.78 Å². The van der Waals surface area contributed by atoms with Crippen LogP contribution in [0.2, 0.25) is 0 Å². The Hall–Kier alpha value is -2.76. The van der Waals surface area contributed by atoms with E-state index in [1.165, 1.54) is 12.8 Å². The maximum Gasteiger partial charge on any atom is 0.329 e. The van der Waals surface area contributed by atoms with Gasteiger partial charge < -0.3 is 10.1 Å². The van der Waals surface area contributed by atoms with Gasteiger partial charge in [-0.15, -0.1) is 0 Å².